The highest BCUT2D eigenvalue weighted by Gasteiger charge is 2.16. The number of hydrogen-bond donors (Lipinski definition) is 2. The number of benzene rings is 2. The monoisotopic (exact) mass is 482 g/mol. The Morgan fingerprint density at radius 1 is 1.24 bits per heavy atom. The summed E-state index contributed by atoms with van der Waals surface area (Å²) in [5.41, 5.74) is 1.83. The zero-order valence-electron chi connectivity index (χ0n) is 12.9. The molecule has 0 aliphatic rings. The lowest BCUT2D eigenvalue weighted by molar-refractivity contribution is 0.102. The number of aromatic nitrogens is 1. The summed E-state index contributed by atoms with van der Waals surface area (Å²) in [6.07, 6.45) is 0. The Balaban J connectivity index is 1.80. The first-order valence-corrected chi connectivity index (χ1v) is 9.54. The number of phenolic OH excluding ortho intramolecular Hbond substituents is 1. The van der Waals surface area contributed by atoms with Crippen LogP contribution in [0.2, 0.25) is 0 Å². The molecule has 2 N–H and O–H groups in total. The van der Waals surface area contributed by atoms with E-state index in [1.165, 1.54) is 11.3 Å². The molecule has 0 bridgehead atoms. The van der Waals surface area contributed by atoms with Crippen molar-refractivity contribution in [2.75, 3.05) is 12.4 Å². The Morgan fingerprint density at radius 2 is 1.96 bits per heavy atom. The van der Waals surface area contributed by atoms with Crippen molar-refractivity contribution in [1.82, 2.24) is 4.98 Å². The van der Waals surface area contributed by atoms with Gasteiger partial charge in [-0.3, -0.25) is 10.1 Å². The van der Waals surface area contributed by atoms with E-state index < -0.39 is 5.91 Å². The summed E-state index contributed by atoms with van der Waals surface area (Å²) in [5.74, 6) is 0.214. The van der Waals surface area contributed by atoms with E-state index in [0.717, 1.165) is 17.0 Å². The first-order valence-electron chi connectivity index (χ1n) is 7.07. The van der Waals surface area contributed by atoms with Crippen LogP contribution in [0, 0.1) is 0 Å². The quantitative estimate of drug-likeness (QED) is 0.528. The summed E-state index contributed by atoms with van der Waals surface area (Å²) < 4.78 is 6.25. The molecule has 0 saturated carbocycles. The van der Waals surface area contributed by atoms with Gasteiger partial charge in [-0.15, -0.1) is 11.3 Å². The molecule has 0 radical (unpaired) electrons. The van der Waals surface area contributed by atoms with Crippen LogP contribution >= 0.6 is 43.2 Å². The van der Waals surface area contributed by atoms with Crippen LogP contribution < -0.4 is 10.1 Å². The predicted octanol–water partition coefficient (Wildman–Crippen LogP) is 5.30. The lowest BCUT2D eigenvalue weighted by atomic mass is 10.2. The third kappa shape index (κ3) is 4.02. The van der Waals surface area contributed by atoms with Gasteiger partial charge in [0.25, 0.3) is 5.91 Å². The van der Waals surface area contributed by atoms with Crippen LogP contribution in [-0.2, 0) is 0 Å². The Morgan fingerprint density at radius 3 is 2.64 bits per heavy atom. The van der Waals surface area contributed by atoms with Crippen LogP contribution in [-0.4, -0.2) is 23.1 Å². The van der Waals surface area contributed by atoms with E-state index >= 15 is 0 Å². The molecular formula is C17H12Br2N2O3S. The van der Waals surface area contributed by atoms with Crippen molar-refractivity contribution in [3.05, 3.63) is 56.3 Å². The average molecular weight is 484 g/mol. The summed E-state index contributed by atoms with van der Waals surface area (Å²) in [6, 6.07) is 10.7. The Kier molecular flexibility index (Phi) is 5.41. The van der Waals surface area contributed by atoms with Crippen molar-refractivity contribution in [3.63, 3.8) is 0 Å². The van der Waals surface area contributed by atoms with Gasteiger partial charge in [0, 0.05) is 15.4 Å². The van der Waals surface area contributed by atoms with Gasteiger partial charge in [-0.2, -0.15) is 0 Å². The molecule has 0 aliphatic carbocycles. The minimum atomic E-state index is -0.435. The maximum atomic E-state index is 12.4. The molecular weight excluding hydrogens is 472 g/mol. The number of anilines is 1. The zero-order chi connectivity index (χ0) is 18.0. The fourth-order valence-corrected chi connectivity index (χ4v) is 4.07. The molecule has 8 heteroatoms. The number of carbonyl (C=O) groups excluding carboxylic acids is 1. The van der Waals surface area contributed by atoms with Crippen LogP contribution in [0.1, 0.15) is 10.4 Å². The maximum absolute atomic E-state index is 12.4. The van der Waals surface area contributed by atoms with Crippen molar-refractivity contribution < 1.29 is 14.6 Å². The second-order valence-electron chi connectivity index (χ2n) is 5.00. The molecule has 1 aromatic heterocycles. The van der Waals surface area contributed by atoms with Gasteiger partial charge in [0.05, 0.1) is 22.8 Å². The van der Waals surface area contributed by atoms with Crippen LogP contribution in [0.15, 0.2) is 50.7 Å². The summed E-state index contributed by atoms with van der Waals surface area (Å²) in [7, 11) is 1.61. The van der Waals surface area contributed by atoms with Crippen LogP contribution in [0.5, 0.6) is 11.5 Å². The van der Waals surface area contributed by atoms with E-state index in [9.17, 15) is 9.90 Å². The van der Waals surface area contributed by atoms with Crippen molar-refractivity contribution in [2.24, 2.45) is 0 Å². The van der Waals surface area contributed by atoms with Crippen LogP contribution in [0.3, 0.4) is 0 Å². The van der Waals surface area contributed by atoms with Gasteiger partial charge >= 0.3 is 0 Å². The molecule has 5 nitrogen and oxygen atoms in total. The number of halogens is 2. The second-order valence-corrected chi connectivity index (χ2v) is 7.63. The molecule has 0 fully saturated rings. The average Bonchev–Trinajstić information content (AvgIpc) is 3.06. The van der Waals surface area contributed by atoms with Gasteiger partial charge in [0.15, 0.2) is 5.13 Å². The molecule has 0 saturated heterocycles. The van der Waals surface area contributed by atoms with Crippen molar-refractivity contribution >= 4 is 54.2 Å². The lowest BCUT2D eigenvalue weighted by Gasteiger charge is -2.07. The van der Waals surface area contributed by atoms with E-state index in [-0.39, 0.29) is 11.3 Å². The number of rotatable bonds is 4. The highest BCUT2D eigenvalue weighted by molar-refractivity contribution is 9.11. The summed E-state index contributed by atoms with van der Waals surface area (Å²) in [6.45, 7) is 0. The largest absolute Gasteiger partial charge is 0.506 e. The fourth-order valence-electron chi connectivity index (χ4n) is 2.13. The third-order valence-corrected chi connectivity index (χ3v) is 5.20. The first-order chi connectivity index (χ1) is 12.0. The molecule has 0 atom stereocenters. The smallest absolute Gasteiger partial charge is 0.261 e. The van der Waals surface area contributed by atoms with E-state index in [4.69, 9.17) is 4.74 Å². The number of carbonyl (C=O) groups is 1. The number of methoxy groups -OCH3 is 1. The SMILES string of the molecule is COc1ccc(-c2csc(NC(=O)c3cc(Br)cc(Br)c3O)n2)cc1. The second kappa shape index (κ2) is 7.55. The molecule has 1 heterocycles. The predicted molar refractivity (Wildman–Crippen MR) is 106 cm³/mol. The van der Waals surface area contributed by atoms with Crippen molar-refractivity contribution in [1.29, 1.82) is 0 Å². The number of aromatic hydroxyl groups is 1. The highest BCUT2D eigenvalue weighted by Crippen LogP contribution is 2.33. The number of amides is 1. The summed E-state index contributed by atoms with van der Waals surface area (Å²) >= 11 is 7.83. The number of thiazole rings is 1. The lowest BCUT2D eigenvalue weighted by Crippen LogP contribution is -2.12. The van der Waals surface area contributed by atoms with E-state index in [0.29, 0.717) is 14.1 Å². The minimum absolute atomic E-state index is 0.118. The summed E-state index contributed by atoms with van der Waals surface area (Å²) in [4.78, 5) is 16.8. The standard InChI is InChI=1S/C17H12Br2N2O3S/c1-24-11-4-2-9(3-5-11)14-8-25-17(20-14)21-16(23)12-6-10(18)7-13(19)15(12)22/h2-8,22H,1H3,(H,20,21,23). The number of nitrogens with one attached hydrogen (secondary N) is 1. The summed E-state index contributed by atoms with van der Waals surface area (Å²) in [5, 5.41) is 15.1. The van der Waals surface area contributed by atoms with E-state index in [2.05, 4.69) is 42.2 Å². The van der Waals surface area contributed by atoms with Gasteiger partial charge in [-0.25, -0.2) is 4.98 Å². The molecule has 0 spiro atoms. The van der Waals surface area contributed by atoms with Gasteiger partial charge < -0.3 is 9.84 Å². The fraction of sp³-hybridized carbons (Fsp3) is 0.0588. The van der Waals surface area contributed by atoms with E-state index in [1.54, 1.807) is 19.2 Å². The maximum Gasteiger partial charge on any atom is 0.261 e. The molecule has 0 aliphatic heterocycles. The normalized spacial score (nSPS) is 10.5. The van der Waals surface area contributed by atoms with Gasteiger partial charge in [0.2, 0.25) is 0 Å². The van der Waals surface area contributed by atoms with Crippen molar-refractivity contribution in [3.8, 4) is 22.8 Å². The molecule has 3 rings (SSSR count). The molecule has 2 aromatic carbocycles. The Hall–Kier alpha value is -1.90. The van der Waals surface area contributed by atoms with Crippen LogP contribution in [0.25, 0.3) is 11.3 Å². The Labute approximate surface area is 164 Å². The topological polar surface area (TPSA) is 71.5 Å². The molecule has 3 aromatic rings. The highest BCUT2D eigenvalue weighted by atomic mass is 79.9. The molecule has 25 heavy (non-hydrogen) atoms. The van der Waals surface area contributed by atoms with Gasteiger partial charge in [0.1, 0.15) is 11.5 Å². The number of phenols is 1. The zero-order valence-corrected chi connectivity index (χ0v) is 16.9. The van der Waals surface area contributed by atoms with E-state index in [1.807, 2.05) is 29.6 Å². The Bertz CT molecular complexity index is 926. The minimum Gasteiger partial charge on any atom is -0.506 e. The molecule has 128 valence electrons. The third-order valence-electron chi connectivity index (χ3n) is 3.38. The number of ether oxygens (including phenoxy) is 1. The van der Waals surface area contributed by atoms with Gasteiger partial charge in [-0.1, -0.05) is 15.9 Å². The first kappa shape index (κ1) is 17.9. The molecule has 0 unspecified atom stereocenters. The van der Waals surface area contributed by atoms with Gasteiger partial charge in [-0.05, 0) is 52.3 Å². The molecule has 1 amide bonds. The number of hydrogen-bond acceptors (Lipinski definition) is 5. The van der Waals surface area contributed by atoms with Crippen LogP contribution in [0.4, 0.5) is 5.13 Å². The van der Waals surface area contributed by atoms with Crippen molar-refractivity contribution in [2.45, 2.75) is 0 Å². The number of nitrogens with zero attached hydrogens (tertiary/aromatic N) is 1.